The Hall–Kier alpha value is -2.68. The van der Waals surface area contributed by atoms with Gasteiger partial charge in [-0.05, 0) is 36.4 Å². The second-order valence-corrected chi connectivity index (χ2v) is 9.29. The zero-order chi connectivity index (χ0) is 20.0. The van der Waals surface area contributed by atoms with Gasteiger partial charge in [-0.1, -0.05) is 54.6 Å². The van der Waals surface area contributed by atoms with Gasteiger partial charge in [0.1, 0.15) is 0 Å². The quantitative estimate of drug-likeness (QED) is 0.526. The normalized spacial score (nSPS) is 11.9. The molecule has 0 bridgehead atoms. The van der Waals surface area contributed by atoms with E-state index in [1.807, 2.05) is 0 Å². The number of para-hydroxylation sites is 1. The van der Waals surface area contributed by atoms with E-state index in [4.69, 9.17) is 4.18 Å². The van der Waals surface area contributed by atoms with Crippen LogP contribution in [0.15, 0.2) is 101 Å². The molecule has 3 aromatic rings. The van der Waals surface area contributed by atoms with Gasteiger partial charge in [0, 0.05) is 0 Å². The second-order valence-electron chi connectivity index (χ2n) is 5.81. The highest BCUT2D eigenvalue weighted by molar-refractivity contribution is 7.92. The Morgan fingerprint density at radius 1 is 0.643 bits per heavy atom. The topological polar surface area (TPSA) is 80.8 Å². The van der Waals surface area contributed by atoms with Gasteiger partial charge in [-0.25, -0.2) is 8.42 Å². The summed E-state index contributed by atoms with van der Waals surface area (Å²) >= 11 is 0. The molecular weight excluding hydrogens is 398 g/mol. The largest absolute Gasteiger partial charge is 0.297 e. The molecule has 0 unspecified atom stereocenters. The van der Waals surface area contributed by atoms with Gasteiger partial charge in [0.15, 0.2) is 0 Å². The molecule has 0 saturated heterocycles. The highest BCUT2D eigenvalue weighted by Crippen LogP contribution is 2.23. The number of sulfonamides is 1. The Morgan fingerprint density at radius 3 is 1.64 bits per heavy atom. The average Bonchev–Trinajstić information content (AvgIpc) is 2.73. The van der Waals surface area contributed by atoms with E-state index in [1.54, 1.807) is 66.7 Å². The molecule has 0 aromatic heterocycles. The van der Waals surface area contributed by atoms with E-state index in [2.05, 4.69) is 0 Å². The van der Waals surface area contributed by atoms with Gasteiger partial charge in [-0.2, -0.15) is 8.42 Å². The van der Waals surface area contributed by atoms with E-state index in [-0.39, 0.29) is 22.9 Å². The molecule has 0 fully saturated rings. The fourth-order valence-corrected chi connectivity index (χ4v) is 4.98. The van der Waals surface area contributed by atoms with E-state index < -0.39 is 20.1 Å². The van der Waals surface area contributed by atoms with Crippen LogP contribution in [-0.4, -0.2) is 30.0 Å². The van der Waals surface area contributed by atoms with E-state index in [9.17, 15) is 16.8 Å². The van der Waals surface area contributed by atoms with Gasteiger partial charge in [0.2, 0.25) is 0 Å². The SMILES string of the molecule is O=S(=O)(OCCN(c1ccccc1)S(=O)(=O)c1ccccc1)c1ccccc1. The van der Waals surface area contributed by atoms with Crippen LogP contribution in [-0.2, 0) is 24.3 Å². The van der Waals surface area contributed by atoms with Gasteiger partial charge in [0.05, 0.1) is 28.6 Å². The number of benzene rings is 3. The summed E-state index contributed by atoms with van der Waals surface area (Å²) in [6.45, 7) is -0.481. The van der Waals surface area contributed by atoms with E-state index >= 15 is 0 Å². The molecule has 0 saturated carbocycles. The summed E-state index contributed by atoms with van der Waals surface area (Å²) in [5.74, 6) is 0. The predicted octanol–water partition coefficient (Wildman–Crippen LogP) is 3.29. The fourth-order valence-electron chi connectivity index (χ4n) is 2.59. The lowest BCUT2D eigenvalue weighted by molar-refractivity contribution is 0.328. The Balaban J connectivity index is 1.83. The summed E-state index contributed by atoms with van der Waals surface area (Å²) in [5, 5.41) is 0. The first-order chi connectivity index (χ1) is 13.4. The molecular formula is C20H19NO5S2. The highest BCUT2D eigenvalue weighted by Gasteiger charge is 2.25. The van der Waals surface area contributed by atoms with Crippen molar-refractivity contribution in [3.63, 3.8) is 0 Å². The lowest BCUT2D eigenvalue weighted by Gasteiger charge is -2.24. The third-order valence-electron chi connectivity index (χ3n) is 3.94. The third kappa shape index (κ3) is 4.59. The molecule has 0 radical (unpaired) electrons. The molecule has 0 aliphatic carbocycles. The van der Waals surface area contributed by atoms with Gasteiger partial charge >= 0.3 is 0 Å². The Bertz CT molecular complexity index is 1100. The van der Waals surface area contributed by atoms with E-state index in [1.165, 1.54) is 24.3 Å². The van der Waals surface area contributed by atoms with Gasteiger partial charge < -0.3 is 0 Å². The Labute approximate surface area is 165 Å². The van der Waals surface area contributed by atoms with Crippen LogP contribution in [0.4, 0.5) is 5.69 Å². The van der Waals surface area contributed by atoms with Crippen molar-refractivity contribution in [1.29, 1.82) is 0 Å². The first kappa shape index (κ1) is 20.1. The van der Waals surface area contributed by atoms with Crippen molar-refractivity contribution < 1.29 is 21.0 Å². The maximum Gasteiger partial charge on any atom is 0.297 e. The first-order valence-corrected chi connectivity index (χ1v) is 11.3. The summed E-state index contributed by atoms with van der Waals surface area (Å²) in [7, 11) is -7.85. The molecule has 0 aliphatic heterocycles. The lowest BCUT2D eigenvalue weighted by Crippen LogP contribution is -2.34. The summed E-state index contributed by atoms with van der Waals surface area (Å²) < 4.78 is 56.9. The minimum absolute atomic E-state index is 0.0205. The highest BCUT2D eigenvalue weighted by atomic mass is 32.2. The Kier molecular flexibility index (Phi) is 6.13. The van der Waals surface area contributed by atoms with Crippen LogP contribution in [0.5, 0.6) is 0 Å². The number of hydrogen-bond donors (Lipinski definition) is 0. The van der Waals surface area contributed by atoms with Gasteiger partial charge in [0.25, 0.3) is 20.1 Å². The zero-order valence-corrected chi connectivity index (χ0v) is 16.5. The molecule has 0 aliphatic rings. The van der Waals surface area contributed by atoms with Crippen LogP contribution < -0.4 is 4.31 Å². The molecule has 28 heavy (non-hydrogen) atoms. The second kappa shape index (κ2) is 8.55. The summed E-state index contributed by atoms with van der Waals surface area (Å²) in [4.78, 5) is 0.136. The molecule has 0 amide bonds. The van der Waals surface area contributed by atoms with Crippen molar-refractivity contribution in [3.05, 3.63) is 91.0 Å². The average molecular weight is 418 g/mol. The number of rotatable bonds is 8. The van der Waals surface area contributed by atoms with Crippen molar-refractivity contribution in [3.8, 4) is 0 Å². The maximum atomic E-state index is 13.1. The first-order valence-electron chi connectivity index (χ1n) is 8.48. The zero-order valence-electron chi connectivity index (χ0n) is 14.9. The lowest BCUT2D eigenvalue weighted by atomic mass is 10.3. The minimum atomic E-state index is -3.97. The summed E-state index contributed by atoms with van der Waals surface area (Å²) in [6, 6.07) is 24.2. The van der Waals surface area contributed by atoms with Crippen LogP contribution >= 0.6 is 0 Å². The fraction of sp³-hybridized carbons (Fsp3) is 0.100. The number of anilines is 1. The van der Waals surface area contributed by atoms with Crippen LogP contribution in [0.2, 0.25) is 0 Å². The van der Waals surface area contributed by atoms with Crippen molar-refractivity contribution in [2.24, 2.45) is 0 Å². The third-order valence-corrected chi connectivity index (χ3v) is 7.11. The molecule has 0 heterocycles. The monoisotopic (exact) mass is 417 g/mol. The maximum absolute atomic E-state index is 13.1. The Morgan fingerprint density at radius 2 is 1.11 bits per heavy atom. The van der Waals surface area contributed by atoms with Gasteiger partial charge in [-0.15, -0.1) is 0 Å². The molecule has 146 valence electrons. The minimum Gasteiger partial charge on any atom is -0.264 e. The van der Waals surface area contributed by atoms with E-state index in [0.717, 1.165) is 4.31 Å². The van der Waals surface area contributed by atoms with Crippen LogP contribution in [0.1, 0.15) is 0 Å². The predicted molar refractivity (Wildman–Crippen MR) is 107 cm³/mol. The molecule has 0 atom stereocenters. The van der Waals surface area contributed by atoms with Crippen LogP contribution in [0.3, 0.4) is 0 Å². The number of hydrogen-bond acceptors (Lipinski definition) is 5. The summed E-state index contributed by atoms with van der Waals surface area (Å²) in [6.07, 6.45) is 0. The van der Waals surface area contributed by atoms with Crippen molar-refractivity contribution in [2.75, 3.05) is 17.5 Å². The molecule has 0 N–H and O–H groups in total. The number of nitrogens with zero attached hydrogens (tertiary/aromatic N) is 1. The van der Waals surface area contributed by atoms with Crippen molar-refractivity contribution >= 4 is 25.8 Å². The smallest absolute Gasteiger partial charge is 0.264 e. The van der Waals surface area contributed by atoms with Crippen molar-refractivity contribution in [1.82, 2.24) is 0 Å². The standard InChI is InChI=1S/C20H19NO5S2/c22-27(23,19-12-6-2-7-13-19)21(18-10-4-1-5-11-18)16-17-26-28(24,25)20-14-8-3-9-15-20/h1-15H,16-17H2. The molecule has 3 rings (SSSR count). The van der Waals surface area contributed by atoms with Crippen molar-refractivity contribution in [2.45, 2.75) is 9.79 Å². The molecule has 6 nitrogen and oxygen atoms in total. The van der Waals surface area contributed by atoms with E-state index in [0.29, 0.717) is 5.69 Å². The molecule has 0 spiro atoms. The summed E-state index contributed by atoms with van der Waals surface area (Å²) in [5.41, 5.74) is 0.423. The van der Waals surface area contributed by atoms with Gasteiger partial charge in [-0.3, -0.25) is 8.49 Å². The van der Waals surface area contributed by atoms with Crippen LogP contribution in [0, 0.1) is 0 Å². The molecule has 8 heteroatoms. The molecule has 3 aromatic carbocycles. The van der Waals surface area contributed by atoms with Crippen LogP contribution in [0.25, 0.3) is 0 Å².